The van der Waals surface area contributed by atoms with Crippen molar-refractivity contribution in [1.29, 1.82) is 0 Å². The summed E-state index contributed by atoms with van der Waals surface area (Å²) in [6.45, 7) is 2.08. The monoisotopic (exact) mass is 204 g/mol. The van der Waals surface area contributed by atoms with Gasteiger partial charge in [-0.3, -0.25) is 4.79 Å². The van der Waals surface area contributed by atoms with Crippen molar-refractivity contribution in [1.82, 2.24) is 0 Å². The molecule has 0 saturated carbocycles. The van der Waals surface area contributed by atoms with Crippen LogP contribution in [-0.4, -0.2) is 12.4 Å². The summed E-state index contributed by atoms with van der Waals surface area (Å²) in [6, 6.07) is 6.26. The lowest BCUT2D eigenvalue weighted by Crippen LogP contribution is -2.02. The molecule has 0 unspecified atom stereocenters. The van der Waals surface area contributed by atoms with E-state index < -0.39 is 0 Å². The second-order valence-corrected chi connectivity index (χ2v) is 4.08. The molecule has 0 heterocycles. The average Bonchev–Trinajstić information content (AvgIpc) is 2.64. The van der Waals surface area contributed by atoms with Crippen molar-refractivity contribution in [2.75, 3.05) is 6.61 Å². The summed E-state index contributed by atoms with van der Waals surface area (Å²) in [4.78, 5) is 10.7. The van der Waals surface area contributed by atoms with Crippen molar-refractivity contribution >= 4 is 5.78 Å². The van der Waals surface area contributed by atoms with E-state index in [4.69, 9.17) is 4.74 Å². The van der Waals surface area contributed by atoms with E-state index in [1.807, 2.05) is 6.07 Å². The molecule has 0 spiro atoms. The van der Waals surface area contributed by atoms with Crippen molar-refractivity contribution in [3.8, 4) is 5.75 Å². The van der Waals surface area contributed by atoms with Crippen molar-refractivity contribution in [3.63, 3.8) is 0 Å². The minimum Gasteiger partial charge on any atom is -0.493 e. The summed E-state index contributed by atoms with van der Waals surface area (Å²) < 4.78 is 5.52. The number of carbonyl (C=O) groups excluding carboxylic acids is 1. The van der Waals surface area contributed by atoms with Crippen LogP contribution in [0, 0.1) is 0 Å². The third-order valence-corrected chi connectivity index (χ3v) is 2.79. The number of hydrogen-bond acceptors (Lipinski definition) is 2. The lowest BCUT2D eigenvalue weighted by molar-refractivity contribution is -0.117. The van der Waals surface area contributed by atoms with Gasteiger partial charge in [0, 0.05) is 6.42 Å². The molecular weight excluding hydrogens is 188 g/mol. The molecule has 80 valence electrons. The number of rotatable bonds is 4. The molecule has 0 amide bonds. The number of benzene rings is 1. The topological polar surface area (TPSA) is 26.3 Å². The van der Waals surface area contributed by atoms with Crippen LogP contribution >= 0.6 is 0 Å². The predicted molar refractivity (Wildman–Crippen MR) is 59.3 cm³/mol. The Labute approximate surface area is 90.3 Å². The maximum absolute atomic E-state index is 10.7. The van der Waals surface area contributed by atoms with Crippen LogP contribution in [-0.2, 0) is 17.6 Å². The van der Waals surface area contributed by atoms with Gasteiger partial charge >= 0.3 is 0 Å². The molecule has 2 heteroatoms. The fourth-order valence-electron chi connectivity index (χ4n) is 1.95. The molecule has 1 aromatic carbocycles. The highest BCUT2D eigenvalue weighted by Crippen LogP contribution is 2.25. The Kier molecular flexibility index (Phi) is 3.05. The summed E-state index contributed by atoms with van der Waals surface area (Å²) in [7, 11) is 0. The average molecular weight is 204 g/mol. The molecule has 1 aliphatic rings. The second-order valence-electron chi connectivity index (χ2n) is 4.08. The molecule has 0 aliphatic heterocycles. The van der Waals surface area contributed by atoms with Crippen molar-refractivity contribution in [3.05, 3.63) is 29.3 Å². The minimum absolute atomic E-state index is 0.177. The van der Waals surface area contributed by atoms with E-state index >= 15 is 0 Å². The number of ketones is 1. The van der Waals surface area contributed by atoms with Gasteiger partial charge in [0.15, 0.2) is 0 Å². The number of fused-ring (bicyclic) bond motifs is 1. The number of hydrogen-bond donors (Lipinski definition) is 0. The molecule has 1 aliphatic carbocycles. The molecule has 15 heavy (non-hydrogen) atoms. The van der Waals surface area contributed by atoms with Crippen LogP contribution in [0.4, 0.5) is 0 Å². The third-order valence-electron chi connectivity index (χ3n) is 2.79. The first-order valence-electron chi connectivity index (χ1n) is 5.50. The lowest BCUT2D eigenvalue weighted by atomic mass is 10.1. The number of aryl methyl sites for hydroxylation is 2. The van der Waals surface area contributed by atoms with Gasteiger partial charge in [-0.15, -0.1) is 0 Å². The normalized spacial score (nSPS) is 13.7. The first-order chi connectivity index (χ1) is 7.25. The zero-order chi connectivity index (χ0) is 10.7. The van der Waals surface area contributed by atoms with Gasteiger partial charge in [0.25, 0.3) is 0 Å². The van der Waals surface area contributed by atoms with Crippen LogP contribution < -0.4 is 4.74 Å². The molecule has 0 aromatic heterocycles. The lowest BCUT2D eigenvalue weighted by Gasteiger charge is -2.06. The van der Waals surface area contributed by atoms with Crippen LogP contribution in [0.3, 0.4) is 0 Å². The Balaban J connectivity index is 1.95. The van der Waals surface area contributed by atoms with Crippen LogP contribution in [0.2, 0.25) is 0 Å². The first kappa shape index (κ1) is 10.2. The van der Waals surface area contributed by atoms with Crippen LogP contribution in [0.15, 0.2) is 18.2 Å². The standard InChI is InChI=1S/C13H16O2/c1-10(14)7-8-15-13-6-5-11-3-2-4-12(11)9-13/h5-6,9H,2-4,7-8H2,1H3. The molecule has 0 bridgehead atoms. The van der Waals surface area contributed by atoms with E-state index in [1.54, 1.807) is 6.92 Å². The Morgan fingerprint density at radius 2 is 2.13 bits per heavy atom. The minimum atomic E-state index is 0.177. The van der Waals surface area contributed by atoms with Crippen molar-refractivity contribution in [2.45, 2.75) is 32.6 Å². The van der Waals surface area contributed by atoms with Crippen molar-refractivity contribution in [2.24, 2.45) is 0 Å². The largest absolute Gasteiger partial charge is 0.493 e. The van der Waals surface area contributed by atoms with Gasteiger partial charge in [-0.05, 0) is 49.4 Å². The number of Topliss-reactive ketones (excluding diaryl/α,β-unsaturated/α-hetero) is 1. The van der Waals surface area contributed by atoms with E-state index in [2.05, 4.69) is 12.1 Å². The Hall–Kier alpha value is -1.31. The molecule has 2 nitrogen and oxygen atoms in total. The second kappa shape index (κ2) is 4.47. The summed E-state index contributed by atoms with van der Waals surface area (Å²) in [5.74, 6) is 1.08. The molecular formula is C13H16O2. The molecule has 0 atom stereocenters. The predicted octanol–water partition coefficient (Wildman–Crippen LogP) is 2.53. The molecule has 0 N–H and O–H groups in total. The summed E-state index contributed by atoms with van der Waals surface area (Å²) >= 11 is 0. The summed E-state index contributed by atoms with van der Waals surface area (Å²) in [5.41, 5.74) is 2.87. The Bertz CT molecular complexity index is 369. The van der Waals surface area contributed by atoms with Gasteiger partial charge in [0.05, 0.1) is 6.61 Å². The summed E-state index contributed by atoms with van der Waals surface area (Å²) in [6.07, 6.45) is 4.12. The van der Waals surface area contributed by atoms with E-state index in [1.165, 1.54) is 30.4 Å². The van der Waals surface area contributed by atoms with Crippen LogP contribution in [0.5, 0.6) is 5.75 Å². The van der Waals surface area contributed by atoms with E-state index in [0.29, 0.717) is 13.0 Å². The SMILES string of the molecule is CC(=O)CCOc1ccc2c(c1)CCC2. The molecule has 0 radical (unpaired) electrons. The fraction of sp³-hybridized carbons (Fsp3) is 0.462. The number of ether oxygens (including phenoxy) is 1. The highest BCUT2D eigenvalue weighted by atomic mass is 16.5. The van der Waals surface area contributed by atoms with Gasteiger partial charge in [-0.25, -0.2) is 0 Å². The van der Waals surface area contributed by atoms with Crippen LogP contribution in [0.25, 0.3) is 0 Å². The molecule has 0 saturated heterocycles. The molecule has 0 fully saturated rings. The van der Waals surface area contributed by atoms with Gasteiger partial charge in [0.1, 0.15) is 11.5 Å². The van der Waals surface area contributed by atoms with Gasteiger partial charge in [-0.1, -0.05) is 6.07 Å². The highest BCUT2D eigenvalue weighted by molar-refractivity contribution is 5.75. The molecule has 1 aromatic rings. The first-order valence-corrected chi connectivity index (χ1v) is 5.50. The Morgan fingerprint density at radius 1 is 1.33 bits per heavy atom. The maximum Gasteiger partial charge on any atom is 0.133 e. The fourth-order valence-corrected chi connectivity index (χ4v) is 1.95. The zero-order valence-electron chi connectivity index (χ0n) is 9.08. The van der Waals surface area contributed by atoms with E-state index in [0.717, 1.165) is 5.75 Å². The molecule has 2 rings (SSSR count). The highest BCUT2D eigenvalue weighted by Gasteiger charge is 2.10. The zero-order valence-corrected chi connectivity index (χ0v) is 9.08. The van der Waals surface area contributed by atoms with Gasteiger partial charge in [-0.2, -0.15) is 0 Å². The quantitative estimate of drug-likeness (QED) is 0.753. The van der Waals surface area contributed by atoms with Crippen molar-refractivity contribution < 1.29 is 9.53 Å². The Morgan fingerprint density at radius 3 is 2.93 bits per heavy atom. The van der Waals surface area contributed by atoms with Crippen LogP contribution in [0.1, 0.15) is 30.9 Å². The van der Waals surface area contributed by atoms with Gasteiger partial charge < -0.3 is 4.74 Å². The van der Waals surface area contributed by atoms with Gasteiger partial charge in [0.2, 0.25) is 0 Å². The van der Waals surface area contributed by atoms with E-state index in [-0.39, 0.29) is 5.78 Å². The third kappa shape index (κ3) is 2.58. The summed E-state index contributed by atoms with van der Waals surface area (Å²) in [5, 5.41) is 0. The smallest absolute Gasteiger partial charge is 0.133 e. The number of carbonyl (C=O) groups is 1. The van der Waals surface area contributed by atoms with E-state index in [9.17, 15) is 4.79 Å². The maximum atomic E-state index is 10.7.